The van der Waals surface area contributed by atoms with E-state index in [1.165, 1.54) is 55.3 Å². The molecule has 3 aromatic heterocycles. The van der Waals surface area contributed by atoms with Crippen LogP contribution in [0.25, 0.3) is 20.4 Å². The maximum Gasteiger partial charge on any atom is 0.327 e. The van der Waals surface area contributed by atoms with Gasteiger partial charge < -0.3 is 9.64 Å². The number of ether oxygens (including phenoxy) is 1. The van der Waals surface area contributed by atoms with Crippen LogP contribution in [-0.4, -0.2) is 46.1 Å². The molecule has 8 nitrogen and oxygen atoms in total. The molecule has 0 spiro atoms. The summed E-state index contributed by atoms with van der Waals surface area (Å²) in [6.45, 7) is 1.85. The third kappa shape index (κ3) is 3.08. The number of pyridine rings is 1. The van der Waals surface area contributed by atoms with Crippen LogP contribution in [0.5, 0.6) is 0 Å². The Morgan fingerprint density at radius 3 is 2.62 bits per heavy atom. The topological polar surface area (TPSA) is 90.2 Å². The largest absolute Gasteiger partial charge is 0.468 e. The monoisotopic (exact) mass is 413 g/mol. The van der Waals surface area contributed by atoms with E-state index in [0.717, 1.165) is 53.1 Å². The molecule has 0 bridgehead atoms. The Morgan fingerprint density at radius 2 is 1.86 bits per heavy atom. The number of fused-ring (bicyclic) bond motifs is 5. The Bertz CT molecular complexity index is 1160. The summed E-state index contributed by atoms with van der Waals surface area (Å²) in [4.78, 5) is 32.8. The highest BCUT2D eigenvalue weighted by Crippen LogP contribution is 2.40. The number of esters is 1. The first kappa shape index (κ1) is 18.5. The summed E-state index contributed by atoms with van der Waals surface area (Å²) in [7, 11) is 1.29. The van der Waals surface area contributed by atoms with E-state index < -0.39 is 5.97 Å². The number of anilines is 1. The van der Waals surface area contributed by atoms with Crippen molar-refractivity contribution in [2.45, 2.75) is 51.5 Å². The van der Waals surface area contributed by atoms with E-state index in [-0.39, 0.29) is 12.1 Å². The van der Waals surface area contributed by atoms with Crippen molar-refractivity contribution in [1.29, 1.82) is 0 Å². The summed E-state index contributed by atoms with van der Waals surface area (Å²) < 4.78 is 6.24. The summed E-state index contributed by atoms with van der Waals surface area (Å²) in [6.07, 6.45) is 7.98. The van der Waals surface area contributed by atoms with Crippen molar-refractivity contribution in [3.63, 3.8) is 0 Å². The second-order valence-corrected chi connectivity index (χ2v) is 8.73. The number of hydrogen-bond donors (Lipinski definition) is 0. The molecular formula is C20H23N5O3S. The molecule has 0 N–H and O–H groups in total. The molecule has 29 heavy (non-hydrogen) atoms. The first-order valence-corrected chi connectivity index (χ1v) is 11.0. The van der Waals surface area contributed by atoms with E-state index in [0.29, 0.717) is 10.2 Å². The molecule has 0 saturated carbocycles. The van der Waals surface area contributed by atoms with Gasteiger partial charge in [-0.2, -0.15) is 4.68 Å². The van der Waals surface area contributed by atoms with Gasteiger partial charge in [-0.15, -0.1) is 16.4 Å². The predicted octanol–water partition coefficient (Wildman–Crippen LogP) is 2.44. The molecule has 4 heterocycles. The van der Waals surface area contributed by atoms with Gasteiger partial charge in [0.05, 0.1) is 7.11 Å². The van der Waals surface area contributed by atoms with Crippen LogP contribution in [0.4, 0.5) is 5.82 Å². The van der Waals surface area contributed by atoms with E-state index in [2.05, 4.69) is 19.9 Å². The third-order valence-electron chi connectivity index (χ3n) is 5.95. The van der Waals surface area contributed by atoms with Crippen molar-refractivity contribution < 1.29 is 9.53 Å². The molecule has 0 radical (unpaired) electrons. The van der Waals surface area contributed by atoms with Gasteiger partial charge in [0, 0.05) is 18.5 Å². The number of hydrogen-bond acceptors (Lipinski definition) is 8. The van der Waals surface area contributed by atoms with Gasteiger partial charge in [-0.25, -0.2) is 4.98 Å². The zero-order valence-electron chi connectivity index (χ0n) is 16.4. The van der Waals surface area contributed by atoms with Crippen molar-refractivity contribution >= 4 is 43.6 Å². The van der Waals surface area contributed by atoms with Crippen molar-refractivity contribution in [2.24, 2.45) is 0 Å². The Balaban J connectivity index is 1.72. The molecule has 3 aromatic rings. The predicted molar refractivity (Wildman–Crippen MR) is 112 cm³/mol. The van der Waals surface area contributed by atoms with Crippen LogP contribution in [0.3, 0.4) is 0 Å². The molecule has 152 valence electrons. The number of rotatable bonds is 3. The van der Waals surface area contributed by atoms with Crippen LogP contribution in [0.2, 0.25) is 0 Å². The quantitative estimate of drug-likeness (QED) is 0.609. The summed E-state index contributed by atoms with van der Waals surface area (Å²) in [5, 5.41) is 9.31. The van der Waals surface area contributed by atoms with Gasteiger partial charge in [-0.05, 0) is 56.1 Å². The highest BCUT2D eigenvalue weighted by atomic mass is 32.1. The minimum absolute atomic E-state index is 0.239. The zero-order valence-corrected chi connectivity index (χ0v) is 17.3. The first-order valence-electron chi connectivity index (χ1n) is 10.2. The maximum atomic E-state index is 12.9. The molecular weight excluding hydrogens is 390 g/mol. The van der Waals surface area contributed by atoms with Gasteiger partial charge >= 0.3 is 5.97 Å². The summed E-state index contributed by atoms with van der Waals surface area (Å²) in [5.74, 6) is 0.575. The third-order valence-corrected chi connectivity index (χ3v) is 7.02. The molecule has 0 aromatic carbocycles. The van der Waals surface area contributed by atoms with Gasteiger partial charge in [0.15, 0.2) is 0 Å². The molecule has 5 rings (SSSR count). The molecule has 0 amide bonds. The van der Waals surface area contributed by atoms with Crippen molar-refractivity contribution in [2.75, 3.05) is 25.1 Å². The fourth-order valence-corrected chi connectivity index (χ4v) is 5.59. The molecule has 1 aliphatic heterocycles. The number of methoxy groups -OCH3 is 1. The van der Waals surface area contributed by atoms with Crippen LogP contribution >= 0.6 is 11.3 Å². The SMILES string of the molecule is COC(=O)Cn1nnc2c(sc3nc(N4CCCCC4)c4c(c32)CCCC4)c1=O. The van der Waals surface area contributed by atoms with Gasteiger partial charge in [0.2, 0.25) is 0 Å². The Labute approximate surface area is 171 Å². The zero-order chi connectivity index (χ0) is 20.0. The Hall–Kier alpha value is -2.55. The lowest BCUT2D eigenvalue weighted by atomic mass is 9.89. The lowest BCUT2D eigenvalue weighted by Gasteiger charge is -2.31. The number of aryl methyl sites for hydroxylation is 1. The molecule has 1 aliphatic carbocycles. The van der Waals surface area contributed by atoms with E-state index >= 15 is 0 Å². The number of carbonyl (C=O) groups excluding carboxylic acids is 1. The number of thiophene rings is 1. The lowest BCUT2D eigenvalue weighted by Crippen LogP contribution is -2.31. The van der Waals surface area contributed by atoms with E-state index in [1.807, 2.05) is 0 Å². The highest BCUT2D eigenvalue weighted by molar-refractivity contribution is 7.25. The van der Waals surface area contributed by atoms with Gasteiger partial charge in [-0.3, -0.25) is 9.59 Å². The first-order chi connectivity index (χ1) is 14.2. The molecule has 1 saturated heterocycles. The van der Waals surface area contributed by atoms with E-state index in [4.69, 9.17) is 4.98 Å². The van der Waals surface area contributed by atoms with Gasteiger partial charge in [-0.1, -0.05) is 5.21 Å². The van der Waals surface area contributed by atoms with Crippen LogP contribution in [0.15, 0.2) is 4.79 Å². The smallest absolute Gasteiger partial charge is 0.327 e. The maximum absolute atomic E-state index is 12.9. The van der Waals surface area contributed by atoms with E-state index in [9.17, 15) is 9.59 Å². The fourth-order valence-electron chi connectivity index (χ4n) is 4.51. The average Bonchev–Trinajstić information content (AvgIpc) is 3.15. The number of piperidine rings is 1. The molecule has 0 atom stereocenters. The Morgan fingerprint density at radius 1 is 1.10 bits per heavy atom. The lowest BCUT2D eigenvalue weighted by molar-refractivity contribution is -0.141. The number of aromatic nitrogens is 4. The van der Waals surface area contributed by atoms with Gasteiger partial charge in [0.25, 0.3) is 5.56 Å². The summed E-state index contributed by atoms with van der Waals surface area (Å²) >= 11 is 1.36. The normalized spacial score (nSPS) is 16.9. The van der Waals surface area contributed by atoms with E-state index in [1.54, 1.807) is 0 Å². The standard InChI is InChI=1S/C20H23N5O3S/c1-28-14(26)11-25-20(27)17-16(22-23-25)15-12-7-3-4-8-13(12)18(21-19(15)29-17)24-9-5-2-6-10-24/h2-11H2,1H3. The molecule has 2 aliphatic rings. The minimum Gasteiger partial charge on any atom is -0.468 e. The summed E-state index contributed by atoms with van der Waals surface area (Å²) in [5.41, 5.74) is 2.91. The van der Waals surface area contributed by atoms with Gasteiger partial charge in [0.1, 0.15) is 27.4 Å². The minimum atomic E-state index is -0.523. The average molecular weight is 414 g/mol. The number of carbonyl (C=O) groups is 1. The summed E-state index contributed by atoms with van der Waals surface area (Å²) in [6, 6.07) is 0. The highest BCUT2D eigenvalue weighted by Gasteiger charge is 2.26. The van der Waals surface area contributed by atoms with Crippen LogP contribution < -0.4 is 10.5 Å². The van der Waals surface area contributed by atoms with Crippen LogP contribution in [0, 0.1) is 0 Å². The molecule has 1 fully saturated rings. The van der Waals surface area contributed by atoms with Crippen molar-refractivity contribution in [1.82, 2.24) is 20.0 Å². The Kier molecular flexibility index (Phi) is 4.69. The van der Waals surface area contributed by atoms with Crippen LogP contribution in [0.1, 0.15) is 43.2 Å². The second kappa shape index (κ2) is 7.37. The number of nitrogens with zero attached hydrogens (tertiary/aromatic N) is 5. The second-order valence-electron chi connectivity index (χ2n) is 7.74. The van der Waals surface area contributed by atoms with Crippen molar-refractivity contribution in [3.05, 3.63) is 21.5 Å². The van der Waals surface area contributed by atoms with Crippen molar-refractivity contribution in [3.8, 4) is 0 Å². The fraction of sp³-hybridized carbons (Fsp3) is 0.550. The molecule has 9 heteroatoms. The molecule has 0 unspecified atom stereocenters. The van der Waals surface area contributed by atoms with Crippen LogP contribution in [-0.2, 0) is 28.9 Å².